The first kappa shape index (κ1) is 17.0. The Morgan fingerprint density at radius 3 is 2.42 bits per heavy atom. The van der Waals surface area contributed by atoms with Crippen LogP contribution in [0.15, 0.2) is 16.6 Å². The Kier molecular flexibility index (Phi) is 8.80. The highest BCUT2D eigenvalue weighted by atomic mass is 79.9. The van der Waals surface area contributed by atoms with E-state index in [1.165, 1.54) is 43.2 Å². The fraction of sp³-hybridized carbons (Fsp3) is 0.625. The SMILES string of the molecule is CCCCCCCCOc1c(C)cc(Br)cc1CBr. The minimum atomic E-state index is 0.828. The molecule has 0 aliphatic rings. The van der Waals surface area contributed by atoms with Gasteiger partial charge in [0.05, 0.1) is 6.61 Å². The van der Waals surface area contributed by atoms with Crippen molar-refractivity contribution in [3.8, 4) is 5.75 Å². The Bertz CT molecular complexity index is 377. The molecule has 0 heterocycles. The van der Waals surface area contributed by atoms with Crippen LogP contribution < -0.4 is 4.74 Å². The molecule has 0 saturated carbocycles. The molecule has 0 N–H and O–H groups in total. The first-order valence-corrected chi connectivity index (χ1v) is 9.08. The summed E-state index contributed by atoms with van der Waals surface area (Å²) in [5.41, 5.74) is 2.42. The molecule has 0 radical (unpaired) electrons. The number of hydrogen-bond donors (Lipinski definition) is 0. The number of halogens is 2. The number of benzene rings is 1. The van der Waals surface area contributed by atoms with Gasteiger partial charge < -0.3 is 4.74 Å². The largest absolute Gasteiger partial charge is 0.493 e. The number of alkyl halides is 1. The van der Waals surface area contributed by atoms with E-state index in [9.17, 15) is 0 Å². The second-order valence-electron chi connectivity index (χ2n) is 4.96. The third-order valence-corrected chi connectivity index (χ3v) is 4.27. The molecule has 0 atom stereocenters. The summed E-state index contributed by atoms with van der Waals surface area (Å²) in [6.07, 6.45) is 7.80. The predicted molar refractivity (Wildman–Crippen MR) is 90.4 cm³/mol. The summed E-state index contributed by atoms with van der Waals surface area (Å²) in [4.78, 5) is 0. The van der Waals surface area contributed by atoms with Crippen LogP contribution in [0.3, 0.4) is 0 Å². The van der Waals surface area contributed by atoms with E-state index in [-0.39, 0.29) is 0 Å². The monoisotopic (exact) mass is 390 g/mol. The molecule has 0 fully saturated rings. The number of hydrogen-bond acceptors (Lipinski definition) is 1. The zero-order valence-corrected chi connectivity index (χ0v) is 15.1. The van der Waals surface area contributed by atoms with Crippen molar-refractivity contribution in [1.82, 2.24) is 0 Å². The van der Waals surface area contributed by atoms with E-state index in [1.54, 1.807) is 0 Å². The summed E-state index contributed by atoms with van der Waals surface area (Å²) in [5.74, 6) is 1.05. The third-order valence-electron chi connectivity index (χ3n) is 3.20. The van der Waals surface area contributed by atoms with E-state index in [4.69, 9.17) is 4.74 Å². The second kappa shape index (κ2) is 9.82. The van der Waals surface area contributed by atoms with Crippen molar-refractivity contribution < 1.29 is 4.74 Å². The van der Waals surface area contributed by atoms with Gasteiger partial charge in [-0.15, -0.1) is 0 Å². The average molecular weight is 392 g/mol. The first-order chi connectivity index (χ1) is 9.19. The highest BCUT2D eigenvalue weighted by molar-refractivity contribution is 9.10. The molecule has 1 nitrogen and oxygen atoms in total. The molecule has 0 unspecified atom stereocenters. The minimum Gasteiger partial charge on any atom is -0.493 e. The van der Waals surface area contributed by atoms with Gasteiger partial charge in [-0.05, 0) is 31.0 Å². The lowest BCUT2D eigenvalue weighted by atomic mass is 10.1. The molecule has 0 aromatic heterocycles. The molecule has 3 heteroatoms. The van der Waals surface area contributed by atoms with Crippen LogP contribution in [0, 0.1) is 6.92 Å². The maximum atomic E-state index is 5.97. The van der Waals surface area contributed by atoms with Gasteiger partial charge in [0, 0.05) is 15.4 Å². The van der Waals surface area contributed by atoms with Gasteiger partial charge in [0.15, 0.2) is 0 Å². The van der Waals surface area contributed by atoms with E-state index >= 15 is 0 Å². The van der Waals surface area contributed by atoms with Gasteiger partial charge in [0.1, 0.15) is 5.75 Å². The smallest absolute Gasteiger partial charge is 0.126 e. The van der Waals surface area contributed by atoms with Gasteiger partial charge >= 0.3 is 0 Å². The molecule has 0 spiro atoms. The van der Waals surface area contributed by atoms with Crippen LogP contribution in [0.25, 0.3) is 0 Å². The van der Waals surface area contributed by atoms with E-state index in [0.29, 0.717) is 0 Å². The van der Waals surface area contributed by atoms with E-state index in [1.807, 2.05) is 0 Å². The van der Waals surface area contributed by atoms with Gasteiger partial charge in [-0.25, -0.2) is 0 Å². The lowest BCUT2D eigenvalue weighted by Gasteiger charge is -2.13. The maximum absolute atomic E-state index is 5.97. The summed E-state index contributed by atoms with van der Waals surface area (Å²) in [7, 11) is 0. The lowest BCUT2D eigenvalue weighted by Crippen LogP contribution is -2.01. The zero-order chi connectivity index (χ0) is 14.1. The topological polar surface area (TPSA) is 9.23 Å². The van der Waals surface area contributed by atoms with Gasteiger partial charge in [-0.1, -0.05) is 70.9 Å². The fourth-order valence-electron chi connectivity index (χ4n) is 2.16. The zero-order valence-electron chi connectivity index (χ0n) is 12.0. The summed E-state index contributed by atoms with van der Waals surface area (Å²) in [6.45, 7) is 5.18. The van der Waals surface area contributed by atoms with Gasteiger partial charge in [0.2, 0.25) is 0 Å². The average Bonchev–Trinajstić information content (AvgIpc) is 2.39. The second-order valence-corrected chi connectivity index (χ2v) is 6.44. The van der Waals surface area contributed by atoms with Crippen LogP contribution in [-0.4, -0.2) is 6.61 Å². The summed E-state index contributed by atoms with van der Waals surface area (Å²) >= 11 is 7.06. The van der Waals surface area contributed by atoms with Gasteiger partial charge in [-0.3, -0.25) is 0 Å². The van der Waals surface area contributed by atoms with Crippen molar-refractivity contribution in [3.05, 3.63) is 27.7 Å². The summed E-state index contributed by atoms with van der Waals surface area (Å²) < 4.78 is 7.09. The summed E-state index contributed by atoms with van der Waals surface area (Å²) in [5, 5.41) is 0.832. The number of rotatable bonds is 9. The van der Waals surface area contributed by atoms with Crippen molar-refractivity contribution in [1.29, 1.82) is 0 Å². The van der Waals surface area contributed by atoms with Crippen LogP contribution in [0.2, 0.25) is 0 Å². The molecule has 0 saturated heterocycles. The molecule has 0 bridgehead atoms. The van der Waals surface area contributed by atoms with Crippen LogP contribution in [0.5, 0.6) is 5.75 Å². The standard InChI is InChI=1S/C16H24Br2O/c1-3-4-5-6-7-8-9-19-16-13(2)10-15(18)11-14(16)12-17/h10-11H,3-9,12H2,1-2H3. The minimum absolute atomic E-state index is 0.828. The Labute approximate surface area is 134 Å². The molecular weight excluding hydrogens is 368 g/mol. The van der Waals surface area contributed by atoms with Crippen LogP contribution in [0.4, 0.5) is 0 Å². The maximum Gasteiger partial charge on any atom is 0.126 e. The molecule has 1 aromatic carbocycles. The van der Waals surface area contributed by atoms with Crippen LogP contribution >= 0.6 is 31.9 Å². The molecule has 108 valence electrons. The molecular formula is C16H24Br2O. The number of unbranched alkanes of at least 4 members (excludes halogenated alkanes) is 5. The normalized spacial score (nSPS) is 10.7. The Morgan fingerprint density at radius 2 is 1.74 bits per heavy atom. The third kappa shape index (κ3) is 6.31. The van der Waals surface area contributed by atoms with Crippen molar-refractivity contribution in [2.45, 2.75) is 57.7 Å². The lowest BCUT2D eigenvalue weighted by molar-refractivity contribution is 0.300. The Hall–Kier alpha value is -0.0200. The molecule has 0 aliphatic carbocycles. The van der Waals surface area contributed by atoms with Crippen molar-refractivity contribution in [2.24, 2.45) is 0 Å². The van der Waals surface area contributed by atoms with E-state index in [0.717, 1.165) is 28.6 Å². The molecule has 0 amide bonds. The molecule has 1 aromatic rings. The first-order valence-electron chi connectivity index (χ1n) is 7.16. The predicted octanol–water partition coefficient (Wildman–Crippen LogP) is 6.39. The van der Waals surface area contributed by atoms with Gasteiger partial charge in [0.25, 0.3) is 0 Å². The van der Waals surface area contributed by atoms with Crippen molar-refractivity contribution in [2.75, 3.05) is 6.61 Å². The molecule has 1 rings (SSSR count). The van der Waals surface area contributed by atoms with E-state index < -0.39 is 0 Å². The number of aryl methyl sites for hydroxylation is 1. The molecule has 19 heavy (non-hydrogen) atoms. The van der Waals surface area contributed by atoms with Crippen LogP contribution in [0.1, 0.15) is 56.6 Å². The highest BCUT2D eigenvalue weighted by Crippen LogP contribution is 2.29. The van der Waals surface area contributed by atoms with Crippen molar-refractivity contribution in [3.63, 3.8) is 0 Å². The number of ether oxygens (including phenoxy) is 1. The van der Waals surface area contributed by atoms with Crippen LogP contribution in [-0.2, 0) is 5.33 Å². The van der Waals surface area contributed by atoms with Gasteiger partial charge in [-0.2, -0.15) is 0 Å². The fourth-order valence-corrected chi connectivity index (χ4v) is 3.20. The quantitative estimate of drug-likeness (QED) is 0.350. The summed E-state index contributed by atoms with van der Waals surface area (Å²) in [6, 6.07) is 4.24. The Morgan fingerprint density at radius 1 is 1.05 bits per heavy atom. The van der Waals surface area contributed by atoms with Crippen molar-refractivity contribution >= 4 is 31.9 Å². The highest BCUT2D eigenvalue weighted by Gasteiger charge is 2.07. The Balaban J connectivity index is 2.36. The molecule has 0 aliphatic heterocycles. The van der Waals surface area contributed by atoms with E-state index in [2.05, 4.69) is 57.8 Å².